The van der Waals surface area contributed by atoms with Crippen LogP contribution in [-0.4, -0.2) is 21.9 Å². The van der Waals surface area contributed by atoms with Crippen LogP contribution in [0.15, 0.2) is 73.1 Å². The summed E-state index contributed by atoms with van der Waals surface area (Å²) in [6, 6.07) is 16.3. The van der Waals surface area contributed by atoms with Gasteiger partial charge in [-0.05, 0) is 48.4 Å². The molecule has 4 aromatic rings. The topological polar surface area (TPSA) is 93.0 Å². The van der Waals surface area contributed by atoms with Crippen molar-refractivity contribution in [3.63, 3.8) is 0 Å². The van der Waals surface area contributed by atoms with Crippen LogP contribution in [0.4, 0.5) is 10.1 Å². The van der Waals surface area contributed by atoms with Crippen molar-refractivity contribution in [1.82, 2.24) is 9.97 Å². The summed E-state index contributed by atoms with van der Waals surface area (Å²) >= 11 is 0. The molecule has 29 heavy (non-hydrogen) atoms. The lowest BCUT2D eigenvalue weighted by Crippen LogP contribution is -2.37. The van der Waals surface area contributed by atoms with Gasteiger partial charge >= 0.3 is 0 Å². The molecule has 0 spiro atoms. The van der Waals surface area contributed by atoms with E-state index >= 15 is 0 Å². The zero-order valence-electron chi connectivity index (χ0n) is 15.4. The molecule has 2 heterocycles. The van der Waals surface area contributed by atoms with Gasteiger partial charge < -0.3 is 20.8 Å². The van der Waals surface area contributed by atoms with E-state index in [4.69, 9.17) is 10.5 Å². The van der Waals surface area contributed by atoms with Crippen molar-refractivity contribution in [3.8, 4) is 11.5 Å². The molecule has 7 heteroatoms. The molecule has 0 saturated heterocycles. The summed E-state index contributed by atoms with van der Waals surface area (Å²) in [5.41, 5.74) is 7.91. The first kappa shape index (κ1) is 18.6. The van der Waals surface area contributed by atoms with E-state index in [0.717, 1.165) is 5.39 Å². The zero-order valence-corrected chi connectivity index (χ0v) is 15.4. The average molecular weight is 390 g/mol. The SMILES string of the molecule is NC(Cc1ccc(Oc2ccnc3[nH]ccc23)c(F)c1)C(=O)Nc1ccccc1. The van der Waals surface area contributed by atoms with E-state index in [0.29, 0.717) is 22.6 Å². The largest absolute Gasteiger partial charge is 0.453 e. The first-order valence-corrected chi connectivity index (χ1v) is 9.10. The van der Waals surface area contributed by atoms with Gasteiger partial charge in [0, 0.05) is 18.1 Å². The Morgan fingerprint density at radius 3 is 2.76 bits per heavy atom. The highest BCUT2D eigenvalue weighted by atomic mass is 19.1. The second-order valence-electron chi connectivity index (χ2n) is 6.58. The average Bonchev–Trinajstić information content (AvgIpc) is 3.20. The number of rotatable bonds is 6. The maximum atomic E-state index is 14.6. The fourth-order valence-electron chi connectivity index (χ4n) is 3.00. The number of carbonyl (C=O) groups is 1. The van der Waals surface area contributed by atoms with E-state index < -0.39 is 11.9 Å². The molecule has 2 aromatic carbocycles. The number of halogens is 1. The minimum Gasteiger partial charge on any atom is -0.453 e. The quantitative estimate of drug-likeness (QED) is 0.464. The highest BCUT2D eigenvalue weighted by Gasteiger charge is 2.16. The second-order valence-corrected chi connectivity index (χ2v) is 6.58. The van der Waals surface area contributed by atoms with Crippen LogP contribution in [0.5, 0.6) is 11.5 Å². The molecule has 4 N–H and O–H groups in total. The Kier molecular flexibility index (Phi) is 5.22. The molecule has 6 nitrogen and oxygen atoms in total. The van der Waals surface area contributed by atoms with Gasteiger partial charge in [0.2, 0.25) is 5.91 Å². The maximum Gasteiger partial charge on any atom is 0.241 e. The molecular formula is C22H19FN4O2. The van der Waals surface area contributed by atoms with Gasteiger partial charge in [-0.15, -0.1) is 0 Å². The van der Waals surface area contributed by atoms with Crippen molar-refractivity contribution in [1.29, 1.82) is 0 Å². The molecular weight excluding hydrogens is 371 g/mol. The summed E-state index contributed by atoms with van der Waals surface area (Å²) in [5, 5.41) is 3.50. The van der Waals surface area contributed by atoms with E-state index in [9.17, 15) is 9.18 Å². The Morgan fingerprint density at radius 2 is 1.97 bits per heavy atom. The molecule has 1 amide bonds. The molecule has 1 atom stereocenters. The molecule has 146 valence electrons. The molecule has 0 aliphatic rings. The Bertz CT molecular complexity index is 1140. The molecule has 1 unspecified atom stereocenters. The predicted octanol–water partition coefficient (Wildman–Crippen LogP) is 4.00. The van der Waals surface area contributed by atoms with Crippen LogP contribution in [0.2, 0.25) is 0 Å². The van der Waals surface area contributed by atoms with Crippen molar-refractivity contribution < 1.29 is 13.9 Å². The Hall–Kier alpha value is -3.71. The number of nitrogens with two attached hydrogens (primary N) is 1. The molecule has 4 rings (SSSR count). The first-order valence-electron chi connectivity index (χ1n) is 9.10. The standard InChI is InChI=1S/C22H19FN4O2/c23-17-12-14(13-18(24)22(28)27-15-4-2-1-3-5-15)6-7-20(17)29-19-9-11-26-21-16(19)8-10-25-21/h1-12,18H,13,24H2,(H,25,26)(H,27,28). The molecule has 2 aromatic heterocycles. The Morgan fingerprint density at radius 1 is 1.14 bits per heavy atom. The normalized spacial score (nSPS) is 11.9. The van der Waals surface area contributed by atoms with Crippen LogP contribution in [0, 0.1) is 5.82 Å². The molecule has 0 radical (unpaired) electrons. The maximum absolute atomic E-state index is 14.6. The lowest BCUT2D eigenvalue weighted by atomic mass is 10.1. The van der Waals surface area contributed by atoms with Gasteiger partial charge in [-0.1, -0.05) is 24.3 Å². The minimum atomic E-state index is -0.805. The fourth-order valence-corrected chi connectivity index (χ4v) is 3.00. The number of pyridine rings is 1. The summed E-state index contributed by atoms with van der Waals surface area (Å²) in [4.78, 5) is 19.4. The van der Waals surface area contributed by atoms with Gasteiger partial charge in [-0.25, -0.2) is 9.37 Å². The van der Waals surface area contributed by atoms with E-state index in [2.05, 4.69) is 15.3 Å². The zero-order chi connectivity index (χ0) is 20.2. The number of fused-ring (bicyclic) bond motifs is 1. The number of H-pyrrole nitrogens is 1. The van der Waals surface area contributed by atoms with Gasteiger partial charge in [-0.2, -0.15) is 0 Å². The number of benzene rings is 2. The molecule has 0 aliphatic heterocycles. The van der Waals surface area contributed by atoms with Gasteiger partial charge in [0.25, 0.3) is 0 Å². The van der Waals surface area contributed by atoms with E-state index in [1.54, 1.807) is 36.7 Å². The smallest absolute Gasteiger partial charge is 0.241 e. The van der Waals surface area contributed by atoms with Crippen LogP contribution in [0.25, 0.3) is 11.0 Å². The third kappa shape index (κ3) is 4.25. The Labute approximate surface area is 166 Å². The third-order valence-corrected chi connectivity index (χ3v) is 4.47. The number of hydrogen-bond donors (Lipinski definition) is 3. The summed E-state index contributed by atoms with van der Waals surface area (Å²) < 4.78 is 20.3. The van der Waals surface area contributed by atoms with Crippen molar-refractivity contribution in [2.75, 3.05) is 5.32 Å². The molecule has 0 bridgehead atoms. The Balaban J connectivity index is 1.44. The van der Waals surface area contributed by atoms with Crippen LogP contribution in [0.1, 0.15) is 5.56 Å². The lowest BCUT2D eigenvalue weighted by molar-refractivity contribution is -0.117. The van der Waals surface area contributed by atoms with Crippen LogP contribution in [0.3, 0.4) is 0 Å². The van der Waals surface area contributed by atoms with Crippen molar-refractivity contribution in [3.05, 3.63) is 84.4 Å². The van der Waals surface area contributed by atoms with Crippen LogP contribution >= 0.6 is 0 Å². The number of ether oxygens (including phenoxy) is 1. The molecule has 0 aliphatic carbocycles. The van der Waals surface area contributed by atoms with Gasteiger partial charge in [0.05, 0.1) is 11.4 Å². The van der Waals surface area contributed by atoms with Crippen LogP contribution < -0.4 is 15.8 Å². The third-order valence-electron chi connectivity index (χ3n) is 4.47. The number of anilines is 1. The second kappa shape index (κ2) is 8.12. The van der Waals surface area contributed by atoms with Gasteiger partial charge in [0.1, 0.15) is 11.4 Å². The molecule has 0 saturated carbocycles. The van der Waals surface area contributed by atoms with E-state index in [1.807, 2.05) is 24.3 Å². The number of amides is 1. The van der Waals surface area contributed by atoms with E-state index in [-0.39, 0.29) is 18.1 Å². The number of carbonyl (C=O) groups excluding carboxylic acids is 1. The predicted molar refractivity (Wildman–Crippen MR) is 109 cm³/mol. The van der Waals surface area contributed by atoms with Crippen LogP contribution in [-0.2, 0) is 11.2 Å². The summed E-state index contributed by atoms with van der Waals surface area (Å²) in [6.45, 7) is 0. The van der Waals surface area contributed by atoms with Crippen molar-refractivity contribution >= 4 is 22.6 Å². The first-order chi connectivity index (χ1) is 14.1. The number of nitrogens with one attached hydrogen (secondary N) is 2. The van der Waals surface area contributed by atoms with Crippen molar-refractivity contribution in [2.45, 2.75) is 12.5 Å². The number of hydrogen-bond acceptors (Lipinski definition) is 4. The van der Waals surface area contributed by atoms with Crippen molar-refractivity contribution in [2.24, 2.45) is 5.73 Å². The van der Waals surface area contributed by atoms with E-state index in [1.165, 1.54) is 12.1 Å². The van der Waals surface area contributed by atoms with Gasteiger partial charge in [-0.3, -0.25) is 4.79 Å². The number of aromatic amines is 1. The van der Waals surface area contributed by atoms with Gasteiger partial charge in [0.15, 0.2) is 11.6 Å². The monoisotopic (exact) mass is 390 g/mol. The lowest BCUT2D eigenvalue weighted by Gasteiger charge is -2.13. The number of para-hydroxylation sites is 1. The summed E-state index contributed by atoms with van der Waals surface area (Å²) in [5.74, 6) is -0.270. The highest BCUT2D eigenvalue weighted by molar-refractivity contribution is 5.94. The minimum absolute atomic E-state index is 0.0877. The number of nitrogens with zero attached hydrogens (tertiary/aromatic N) is 1. The number of aromatic nitrogens is 2. The molecule has 0 fully saturated rings. The highest BCUT2D eigenvalue weighted by Crippen LogP contribution is 2.30. The summed E-state index contributed by atoms with van der Waals surface area (Å²) in [7, 11) is 0. The summed E-state index contributed by atoms with van der Waals surface area (Å²) in [6.07, 6.45) is 3.53. The fraction of sp³-hybridized carbons (Fsp3) is 0.0909.